The number of piperazine rings is 1. The van der Waals surface area contributed by atoms with Crippen LogP contribution in [-0.4, -0.2) is 86.1 Å². The van der Waals surface area contributed by atoms with Gasteiger partial charge in [-0.05, 0) is 45.3 Å². The molecule has 1 aromatic heterocycles. The van der Waals surface area contributed by atoms with Crippen molar-refractivity contribution in [2.75, 3.05) is 65.3 Å². The molecule has 3 rings (SSSR count). The number of aryl methyl sites for hydroxylation is 1. The van der Waals surface area contributed by atoms with Gasteiger partial charge in [0, 0.05) is 62.3 Å². The van der Waals surface area contributed by atoms with Gasteiger partial charge in [-0.25, -0.2) is 9.97 Å². The minimum absolute atomic E-state index is 0.0321. The molecule has 2 aromatic rings. The van der Waals surface area contributed by atoms with Crippen LogP contribution in [0.15, 0.2) is 35.5 Å². The number of carbonyl (C=O) groups is 1. The standard InChI is InChI=1S/C23H34N6OS/c1-5-20-16-21(29-13-11-28(4)12-14-29)26-23(25-20)31-17-18-7-6-8-19(15-18)22(30)24-9-10-27(2)3/h6-8,15-16H,5,9-14,17H2,1-4H3,(H,24,30). The molecule has 0 atom stereocenters. The lowest BCUT2D eigenvalue weighted by atomic mass is 10.1. The quantitative estimate of drug-likeness (QED) is 0.472. The van der Waals surface area contributed by atoms with Gasteiger partial charge in [-0.3, -0.25) is 4.79 Å². The van der Waals surface area contributed by atoms with Crippen LogP contribution in [0.4, 0.5) is 5.82 Å². The summed E-state index contributed by atoms with van der Waals surface area (Å²) in [6.45, 7) is 7.68. The Morgan fingerprint density at radius 2 is 1.94 bits per heavy atom. The summed E-state index contributed by atoms with van der Waals surface area (Å²) in [7, 11) is 6.15. The highest BCUT2D eigenvalue weighted by Crippen LogP contribution is 2.24. The molecule has 31 heavy (non-hydrogen) atoms. The van der Waals surface area contributed by atoms with Crippen LogP contribution in [0.25, 0.3) is 0 Å². The second-order valence-electron chi connectivity index (χ2n) is 8.19. The third-order valence-corrected chi connectivity index (χ3v) is 6.25. The van der Waals surface area contributed by atoms with Gasteiger partial charge in [0.05, 0.1) is 0 Å². The number of carbonyl (C=O) groups excluding carboxylic acids is 1. The smallest absolute Gasteiger partial charge is 0.251 e. The van der Waals surface area contributed by atoms with Crippen LogP contribution in [0, 0.1) is 0 Å². The lowest BCUT2D eigenvalue weighted by molar-refractivity contribution is 0.0951. The summed E-state index contributed by atoms with van der Waals surface area (Å²) in [5.74, 6) is 1.72. The van der Waals surface area contributed by atoms with Crippen molar-refractivity contribution in [3.8, 4) is 0 Å². The zero-order valence-electron chi connectivity index (χ0n) is 19.1. The van der Waals surface area contributed by atoms with E-state index in [-0.39, 0.29) is 5.91 Å². The Morgan fingerprint density at radius 1 is 1.16 bits per heavy atom. The summed E-state index contributed by atoms with van der Waals surface area (Å²) in [5.41, 5.74) is 2.86. The number of hydrogen-bond acceptors (Lipinski definition) is 7. The molecule has 1 aliphatic rings. The van der Waals surface area contributed by atoms with E-state index in [1.54, 1.807) is 11.8 Å². The van der Waals surface area contributed by atoms with Crippen molar-refractivity contribution >= 4 is 23.5 Å². The molecule has 0 spiro atoms. The second-order valence-corrected chi connectivity index (χ2v) is 9.13. The van der Waals surface area contributed by atoms with Crippen molar-refractivity contribution in [1.82, 2.24) is 25.1 Å². The molecule has 0 aliphatic carbocycles. The van der Waals surface area contributed by atoms with Crippen molar-refractivity contribution in [1.29, 1.82) is 0 Å². The first-order chi connectivity index (χ1) is 14.9. The average molecular weight is 443 g/mol. The summed E-state index contributed by atoms with van der Waals surface area (Å²) in [5, 5.41) is 3.77. The Kier molecular flexibility index (Phi) is 8.69. The highest BCUT2D eigenvalue weighted by Gasteiger charge is 2.17. The largest absolute Gasteiger partial charge is 0.354 e. The molecule has 7 nitrogen and oxygen atoms in total. The van der Waals surface area contributed by atoms with Gasteiger partial charge >= 0.3 is 0 Å². The van der Waals surface area contributed by atoms with E-state index in [0.29, 0.717) is 12.1 Å². The van der Waals surface area contributed by atoms with E-state index in [1.165, 1.54) is 0 Å². The maximum atomic E-state index is 12.4. The van der Waals surface area contributed by atoms with E-state index < -0.39 is 0 Å². The molecule has 1 amide bonds. The summed E-state index contributed by atoms with van der Waals surface area (Å²) >= 11 is 1.63. The van der Waals surface area contributed by atoms with Gasteiger partial charge in [0.15, 0.2) is 5.16 Å². The van der Waals surface area contributed by atoms with Crippen molar-refractivity contribution in [2.24, 2.45) is 0 Å². The molecule has 0 bridgehead atoms. The predicted octanol–water partition coefficient (Wildman–Crippen LogP) is 2.37. The van der Waals surface area contributed by atoms with E-state index in [2.05, 4.69) is 41.2 Å². The van der Waals surface area contributed by atoms with E-state index in [0.717, 1.165) is 67.1 Å². The number of thioether (sulfide) groups is 1. The molecular formula is C23H34N6OS. The number of hydrogen-bond donors (Lipinski definition) is 1. The lowest BCUT2D eigenvalue weighted by Crippen LogP contribution is -2.44. The molecule has 1 saturated heterocycles. The van der Waals surface area contributed by atoms with Gasteiger partial charge in [-0.2, -0.15) is 0 Å². The van der Waals surface area contributed by atoms with Gasteiger partial charge in [0.1, 0.15) is 5.82 Å². The zero-order valence-corrected chi connectivity index (χ0v) is 19.9. The van der Waals surface area contributed by atoms with Crippen LogP contribution in [0.3, 0.4) is 0 Å². The average Bonchev–Trinajstić information content (AvgIpc) is 2.78. The Bertz CT molecular complexity index is 867. The van der Waals surface area contributed by atoms with Gasteiger partial charge in [0.2, 0.25) is 0 Å². The van der Waals surface area contributed by atoms with Crippen molar-refractivity contribution < 1.29 is 4.79 Å². The van der Waals surface area contributed by atoms with Crippen LogP contribution in [0.2, 0.25) is 0 Å². The van der Waals surface area contributed by atoms with Crippen molar-refractivity contribution in [2.45, 2.75) is 24.3 Å². The number of nitrogens with zero attached hydrogens (tertiary/aromatic N) is 5. The number of rotatable bonds is 9. The second kappa shape index (κ2) is 11.5. The summed E-state index contributed by atoms with van der Waals surface area (Å²) in [4.78, 5) is 28.7. The van der Waals surface area contributed by atoms with Crippen LogP contribution in [0.5, 0.6) is 0 Å². The Hall–Kier alpha value is -2.16. The number of benzene rings is 1. The molecule has 1 fully saturated rings. The topological polar surface area (TPSA) is 64.6 Å². The molecule has 1 N–H and O–H groups in total. The molecular weight excluding hydrogens is 408 g/mol. The Morgan fingerprint density at radius 3 is 2.65 bits per heavy atom. The van der Waals surface area contributed by atoms with Gasteiger partial charge < -0.3 is 20.0 Å². The molecule has 2 heterocycles. The van der Waals surface area contributed by atoms with Crippen LogP contribution in [0.1, 0.15) is 28.5 Å². The van der Waals surface area contributed by atoms with Crippen LogP contribution < -0.4 is 10.2 Å². The molecule has 0 saturated carbocycles. The fourth-order valence-electron chi connectivity index (χ4n) is 3.35. The number of anilines is 1. The van der Waals surface area contributed by atoms with Gasteiger partial charge in [-0.1, -0.05) is 30.8 Å². The van der Waals surface area contributed by atoms with Crippen molar-refractivity contribution in [3.05, 3.63) is 47.2 Å². The SMILES string of the molecule is CCc1cc(N2CCN(C)CC2)nc(SCc2cccc(C(=O)NCCN(C)C)c2)n1. The number of nitrogens with one attached hydrogen (secondary N) is 1. The molecule has 168 valence electrons. The molecule has 1 aliphatic heterocycles. The van der Waals surface area contributed by atoms with E-state index in [1.807, 2.05) is 37.2 Å². The Labute approximate surface area is 190 Å². The summed E-state index contributed by atoms with van der Waals surface area (Å²) in [6, 6.07) is 9.93. The minimum Gasteiger partial charge on any atom is -0.354 e. The fraction of sp³-hybridized carbons (Fsp3) is 0.522. The fourth-order valence-corrected chi connectivity index (χ4v) is 4.16. The first kappa shape index (κ1) is 23.5. The predicted molar refractivity (Wildman–Crippen MR) is 128 cm³/mol. The van der Waals surface area contributed by atoms with Crippen LogP contribution in [-0.2, 0) is 12.2 Å². The maximum Gasteiger partial charge on any atom is 0.251 e. The van der Waals surface area contributed by atoms with E-state index in [4.69, 9.17) is 9.97 Å². The monoisotopic (exact) mass is 442 g/mol. The summed E-state index contributed by atoms with van der Waals surface area (Å²) in [6.07, 6.45) is 0.888. The maximum absolute atomic E-state index is 12.4. The van der Waals surface area contributed by atoms with E-state index >= 15 is 0 Å². The van der Waals surface area contributed by atoms with Crippen molar-refractivity contribution in [3.63, 3.8) is 0 Å². The van der Waals surface area contributed by atoms with Gasteiger partial charge in [-0.15, -0.1) is 0 Å². The highest BCUT2D eigenvalue weighted by atomic mass is 32.2. The normalized spacial score (nSPS) is 14.8. The van der Waals surface area contributed by atoms with Crippen LogP contribution >= 0.6 is 11.8 Å². The highest BCUT2D eigenvalue weighted by molar-refractivity contribution is 7.98. The number of amides is 1. The molecule has 1 aromatic carbocycles. The minimum atomic E-state index is -0.0321. The summed E-state index contributed by atoms with van der Waals surface area (Å²) < 4.78 is 0. The molecule has 8 heteroatoms. The third kappa shape index (κ3) is 7.19. The van der Waals surface area contributed by atoms with E-state index in [9.17, 15) is 4.79 Å². The Balaban J connectivity index is 1.64. The molecule has 0 unspecified atom stereocenters. The molecule has 0 radical (unpaired) electrons. The first-order valence-electron chi connectivity index (χ1n) is 10.9. The number of aromatic nitrogens is 2. The zero-order chi connectivity index (χ0) is 22.2. The lowest BCUT2D eigenvalue weighted by Gasteiger charge is -2.33. The number of likely N-dealkylation sites (N-methyl/N-ethyl adjacent to an activating group) is 2. The first-order valence-corrected chi connectivity index (χ1v) is 11.9. The third-order valence-electron chi connectivity index (χ3n) is 5.34. The van der Waals surface area contributed by atoms with Gasteiger partial charge in [0.25, 0.3) is 5.91 Å².